The van der Waals surface area contributed by atoms with E-state index in [0.717, 1.165) is 0 Å². The molecule has 1 aromatic rings. The second-order valence-electron chi connectivity index (χ2n) is 3.41. The molecule has 5 nitrogen and oxygen atoms in total. The third-order valence-corrected chi connectivity index (χ3v) is 2.03. The average molecular weight is 283 g/mol. The maximum Gasteiger partial charge on any atom is 0.405 e. The van der Waals surface area contributed by atoms with E-state index in [1.54, 1.807) is 5.32 Å². The molecule has 0 aromatic carbocycles. The minimum atomic E-state index is -4.44. The molecule has 1 unspecified atom stereocenters. The van der Waals surface area contributed by atoms with E-state index in [0.29, 0.717) is 0 Å². The van der Waals surface area contributed by atoms with E-state index in [-0.39, 0.29) is 11.1 Å². The van der Waals surface area contributed by atoms with Gasteiger partial charge in [0.2, 0.25) is 11.2 Å². The second kappa shape index (κ2) is 5.85. The number of hydrogen-bond acceptors (Lipinski definition) is 4. The highest BCUT2D eigenvalue weighted by Crippen LogP contribution is 2.12. The van der Waals surface area contributed by atoms with Crippen LogP contribution < -0.4 is 10.6 Å². The van der Waals surface area contributed by atoms with Gasteiger partial charge in [0.05, 0.1) is 0 Å². The van der Waals surface area contributed by atoms with E-state index < -0.39 is 24.7 Å². The fourth-order valence-corrected chi connectivity index (χ4v) is 1.19. The molecule has 0 saturated heterocycles. The van der Waals surface area contributed by atoms with E-state index >= 15 is 0 Å². The lowest BCUT2D eigenvalue weighted by Crippen LogP contribution is -2.42. The zero-order valence-electron chi connectivity index (χ0n) is 9.25. The highest BCUT2D eigenvalue weighted by atomic mass is 35.5. The monoisotopic (exact) mass is 282 g/mol. The Morgan fingerprint density at radius 1 is 1.56 bits per heavy atom. The van der Waals surface area contributed by atoms with Crippen LogP contribution in [-0.2, 0) is 4.79 Å². The average Bonchev–Trinajstić information content (AvgIpc) is 2.24. The Balaban J connectivity index is 2.50. The summed E-state index contributed by atoms with van der Waals surface area (Å²) in [5, 5.41) is 4.33. The van der Waals surface area contributed by atoms with Crippen molar-refractivity contribution in [3.63, 3.8) is 0 Å². The summed E-state index contributed by atoms with van der Waals surface area (Å²) < 4.78 is 35.7. The Morgan fingerprint density at radius 2 is 2.22 bits per heavy atom. The Hall–Kier alpha value is -1.57. The number of carbonyl (C=O) groups is 1. The summed E-state index contributed by atoms with van der Waals surface area (Å²) in [6.45, 7) is 0.0318. The van der Waals surface area contributed by atoms with Crippen molar-refractivity contribution in [1.82, 2.24) is 15.3 Å². The zero-order valence-corrected chi connectivity index (χ0v) is 10.0. The summed E-state index contributed by atoms with van der Waals surface area (Å²) in [5.74, 6) is -0.535. The van der Waals surface area contributed by atoms with Gasteiger partial charge in [-0.25, -0.2) is 9.97 Å². The summed E-state index contributed by atoms with van der Waals surface area (Å²) in [5.41, 5.74) is 0. The van der Waals surface area contributed by atoms with Crippen LogP contribution in [0.4, 0.5) is 19.0 Å². The van der Waals surface area contributed by atoms with Crippen molar-refractivity contribution >= 4 is 23.3 Å². The molecule has 1 rings (SSSR count). The Morgan fingerprint density at radius 3 is 2.78 bits per heavy atom. The van der Waals surface area contributed by atoms with Gasteiger partial charge >= 0.3 is 6.18 Å². The van der Waals surface area contributed by atoms with Gasteiger partial charge in [-0.05, 0) is 24.6 Å². The molecule has 1 atom stereocenters. The van der Waals surface area contributed by atoms with Crippen molar-refractivity contribution < 1.29 is 18.0 Å². The third kappa shape index (κ3) is 5.17. The first kappa shape index (κ1) is 14.5. The van der Waals surface area contributed by atoms with Gasteiger partial charge in [0.15, 0.2) is 0 Å². The summed E-state index contributed by atoms with van der Waals surface area (Å²) in [4.78, 5) is 18.7. The molecular weight excluding hydrogens is 273 g/mol. The number of anilines is 1. The van der Waals surface area contributed by atoms with Crippen LogP contribution in [0.2, 0.25) is 5.28 Å². The summed E-state index contributed by atoms with van der Waals surface area (Å²) in [7, 11) is 0. The van der Waals surface area contributed by atoms with Crippen LogP contribution in [0.3, 0.4) is 0 Å². The van der Waals surface area contributed by atoms with Gasteiger partial charge in [-0.2, -0.15) is 13.2 Å². The van der Waals surface area contributed by atoms with E-state index in [2.05, 4.69) is 15.3 Å². The number of halogens is 4. The molecule has 0 aliphatic heterocycles. The van der Waals surface area contributed by atoms with Gasteiger partial charge < -0.3 is 10.6 Å². The van der Waals surface area contributed by atoms with Crippen LogP contribution in [0.5, 0.6) is 0 Å². The quantitative estimate of drug-likeness (QED) is 0.824. The highest BCUT2D eigenvalue weighted by molar-refractivity contribution is 6.28. The number of rotatable bonds is 4. The SMILES string of the molecule is CC(Nc1ccnc(Cl)n1)C(=O)NCC(F)(F)F. The topological polar surface area (TPSA) is 66.9 Å². The van der Waals surface area contributed by atoms with Gasteiger partial charge in [0, 0.05) is 6.20 Å². The van der Waals surface area contributed by atoms with Crippen molar-refractivity contribution in [3.8, 4) is 0 Å². The van der Waals surface area contributed by atoms with Crippen LogP contribution in [0, 0.1) is 0 Å². The first-order chi connectivity index (χ1) is 8.28. The van der Waals surface area contributed by atoms with Crippen LogP contribution in [0.25, 0.3) is 0 Å². The summed E-state index contributed by atoms with van der Waals surface area (Å²) in [6, 6.07) is 0.567. The number of aromatic nitrogens is 2. The van der Waals surface area contributed by atoms with Gasteiger partial charge in [-0.15, -0.1) is 0 Å². The zero-order chi connectivity index (χ0) is 13.8. The molecule has 9 heteroatoms. The molecule has 2 N–H and O–H groups in total. The first-order valence-electron chi connectivity index (χ1n) is 4.87. The summed E-state index contributed by atoms with van der Waals surface area (Å²) >= 11 is 5.52. The molecule has 0 saturated carbocycles. The largest absolute Gasteiger partial charge is 0.405 e. The Kier molecular flexibility index (Phi) is 4.71. The van der Waals surface area contributed by atoms with Gasteiger partial charge in [0.1, 0.15) is 18.4 Å². The van der Waals surface area contributed by atoms with Crippen molar-refractivity contribution in [2.24, 2.45) is 0 Å². The molecule has 100 valence electrons. The first-order valence-corrected chi connectivity index (χ1v) is 5.25. The highest BCUT2D eigenvalue weighted by Gasteiger charge is 2.28. The third-order valence-electron chi connectivity index (χ3n) is 1.85. The Labute approximate surface area is 106 Å². The number of hydrogen-bond donors (Lipinski definition) is 2. The fourth-order valence-electron chi connectivity index (χ4n) is 1.04. The maximum absolute atomic E-state index is 11.9. The molecule has 1 aromatic heterocycles. The molecule has 0 spiro atoms. The predicted octanol–water partition coefficient (Wildman–Crippen LogP) is 1.61. The van der Waals surface area contributed by atoms with Crippen LogP contribution >= 0.6 is 11.6 Å². The Bertz CT molecular complexity index is 427. The molecule has 1 amide bonds. The summed E-state index contributed by atoms with van der Waals surface area (Å²) in [6.07, 6.45) is -3.08. The lowest BCUT2D eigenvalue weighted by Gasteiger charge is -2.15. The van der Waals surface area contributed by atoms with Crippen molar-refractivity contribution in [2.45, 2.75) is 19.1 Å². The molecule has 0 radical (unpaired) electrons. The maximum atomic E-state index is 11.9. The lowest BCUT2D eigenvalue weighted by molar-refractivity contribution is -0.138. The van der Waals surface area contributed by atoms with Crippen molar-refractivity contribution in [3.05, 3.63) is 17.5 Å². The molecular formula is C9H10ClF3N4O. The number of amides is 1. The van der Waals surface area contributed by atoms with Crippen molar-refractivity contribution in [1.29, 1.82) is 0 Å². The number of nitrogens with zero attached hydrogens (tertiary/aromatic N) is 2. The normalized spacial score (nSPS) is 12.9. The number of carbonyl (C=O) groups excluding carboxylic acids is 1. The van der Waals surface area contributed by atoms with E-state index in [1.165, 1.54) is 19.2 Å². The van der Waals surface area contributed by atoms with Gasteiger partial charge in [0.25, 0.3) is 0 Å². The lowest BCUT2D eigenvalue weighted by atomic mass is 10.3. The molecule has 0 aliphatic carbocycles. The standard InChI is InChI=1S/C9H10ClF3N4O/c1-5(7(18)15-4-9(11,12)13)16-6-2-3-14-8(10)17-6/h2-3,5H,4H2,1H3,(H,15,18)(H,14,16,17). The molecule has 0 fully saturated rings. The fraction of sp³-hybridized carbons (Fsp3) is 0.444. The number of nitrogens with one attached hydrogen (secondary N) is 2. The van der Waals surface area contributed by atoms with Crippen LogP contribution in [-0.4, -0.2) is 34.6 Å². The van der Waals surface area contributed by atoms with Crippen molar-refractivity contribution in [2.75, 3.05) is 11.9 Å². The number of alkyl halides is 3. The molecule has 1 heterocycles. The van der Waals surface area contributed by atoms with E-state index in [1.807, 2.05) is 0 Å². The van der Waals surface area contributed by atoms with E-state index in [4.69, 9.17) is 11.6 Å². The van der Waals surface area contributed by atoms with Crippen LogP contribution in [0.15, 0.2) is 12.3 Å². The van der Waals surface area contributed by atoms with Gasteiger partial charge in [-0.3, -0.25) is 4.79 Å². The molecule has 18 heavy (non-hydrogen) atoms. The smallest absolute Gasteiger partial charge is 0.358 e. The molecule has 0 aliphatic rings. The predicted molar refractivity (Wildman–Crippen MR) is 59.2 cm³/mol. The second-order valence-corrected chi connectivity index (χ2v) is 3.75. The van der Waals surface area contributed by atoms with Crippen LogP contribution in [0.1, 0.15) is 6.92 Å². The minimum absolute atomic E-state index is 0.0251. The van der Waals surface area contributed by atoms with E-state index in [9.17, 15) is 18.0 Å². The van der Waals surface area contributed by atoms with Gasteiger partial charge in [-0.1, -0.05) is 0 Å². The minimum Gasteiger partial charge on any atom is -0.358 e. The molecule has 0 bridgehead atoms.